The molecule has 0 rings (SSSR count). The summed E-state index contributed by atoms with van der Waals surface area (Å²) in [5.41, 5.74) is -0.111. The molecule has 0 aromatic carbocycles. The van der Waals surface area contributed by atoms with E-state index in [1.165, 1.54) is 0 Å². The Balaban J connectivity index is 5.43. The van der Waals surface area contributed by atoms with Gasteiger partial charge in [0.15, 0.2) is 5.78 Å². The summed E-state index contributed by atoms with van der Waals surface area (Å²) in [4.78, 5) is 28.0. The van der Waals surface area contributed by atoms with Gasteiger partial charge in [-0.15, -0.1) is 0 Å². The van der Waals surface area contributed by atoms with Crippen molar-refractivity contribution < 1.29 is 14.7 Å². The minimum atomic E-state index is -1.01. The Morgan fingerprint density at radius 3 is 1.96 bits per heavy atom. The highest BCUT2D eigenvalue weighted by atomic mass is 16.4. The Hall–Kier alpha value is -1.46. The van der Waals surface area contributed by atoms with Crippen LogP contribution in [0.15, 0.2) is 24.3 Å². The van der Waals surface area contributed by atoms with E-state index in [9.17, 15) is 9.59 Å². The second kappa shape index (κ2) is 9.63. The second-order valence-corrected chi connectivity index (χ2v) is 6.22. The zero-order valence-electron chi connectivity index (χ0n) is 15.3. The third-order valence-corrected chi connectivity index (χ3v) is 4.55. The number of carboxylic acid groups (broad SMARTS) is 1. The van der Waals surface area contributed by atoms with Crippen LogP contribution in [0.25, 0.3) is 0 Å². The largest absolute Gasteiger partial charge is 0.478 e. The van der Waals surface area contributed by atoms with E-state index in [-0.39, 0.29) is 17.8 Å². The third-order valence-electron chi connectivity index (χ3n) is 4.55. The highest BCUT2D eigenvalue weighted by Gasteiger charge is 2.40. The fourth-order valence-electron chi connectivity index (χ4n) is 2.75. The van der Waals surface area contributed by atoms with Crippen LogP contribution < -0.4 is 0 Å². The topological polar surface area (TPSA) is 60.9 Å². The molecule has 0 amide bonds. The first kappa shape index (κ1) is 21.5. The van der Waals surface area contributed by atoms with Crippen LogP contribution in [-0.2, 0) is 9.59 Å². The van der Waals surface area contributed by atoms with Crippen LogP contribution in [0.4, 0.5) is 0 Å². The molecule has 5 nitrogen and oxygen atoms in total. The highest BCUT2D eigenvalue weighted by Crippen LogP contribution is 2.29. The van der Waals surface area contributed by atoms with E-state index in [1.807, 2.05) is 19.0 Å². The zero-order chi connectivity index (χ0) is 18.2. The van der Waals surface area contributed by atoms with Crippen molar-refractivity contribution in [3.63, 3.8) is 0 Å². The van der Waals surface area contributed by atoms with Gasteiger partial charge in [0.1, 0.15) is 0 Å². The number of carboxylic acids is 1. The van der Waals surface area contributed by atoms with Gasteiger partial charge in [-0.3, -0.25) is 9.69 Å². The average Bonchev–Trinajstić information content (AvgIpc) is 2.49. The molecule has 0 bridgehead atoms. The standard InChI is InChI=1S/C18H32N2O3/c1-8-20(9-2)13-12-18(19(6)7,16(21)14(3)4)11-10-15(5)17(22)23/h3,5,8-13H2,1-2,4,6-7H3,(H,22,23). The van der Waals surface area contributed by atoms with Crippen molar-refractivity contribution in [1.29, 1.82) is 0 Å². The first-order valence-electron chi connectivity index (χ1n) is 8.13. The summed E-state index contributed by atoms with van der Waals surface area (Å²) in [5, 5.41) is 9.04. The molecule has 0 aromatic rings. The van der Waals surface area contributed by atoms with E-state index in [4.69, 9.17) is 5.11 Å². The molecule has 0 spiro atoms. The van der Waals surface area contributed by atoms with Crippen molar-refractivity contribution in [2.24, 2.45) is 0 Å². The van der Waals surface area contributed by atoms with Gasteiger partial charge in [-0.05, 0) is 58.9 Å². The third kappa shape index (κ3) is 5.92. The van der Waals surface area contributed by atoms with Gasteiger partial charge in [0.25, 0.3) is 0 Å². The maximum Gasteiger partial charge on any atom is 0.330 e. The molecule has 0 aliphatic heterocycles. The predicted molar refractivity (Wildman–Crippen MR) is 94.7 cm³/mol. The van der Waals surface area contributed by atoms with Gasteiger partial charge in [-0.25, -0.2) is 4.79 Å². The molecule has 1 atom stereocenters. The van der Waals surface area contributed by atoms with Crippen molar-refractivity contribution in [2.75, 3.05) is 33.7 Å². The fraction of sp³-hybridized carbons (Fsp3) is 0.667. The lowest BCUT2D eigenvalue weighted by Crippen LogP contribution is -2.53. The quantitative estimate of drug-likeness (QED) is 0.559. The van der Waals surface area contributed by atoms with E-state index in [0.717, 1.165) is 19.6 Å². The van der Waals surface area contributed by atoms with Gasteiger partial charge < -0.3 is 10.0 Å². The molecule has 1 N–H and O–H groups in total. The molecule has 1 unspecified atom stereocenters. The zero-order valence-corrected chi connectivity index (χ0v) is 15.3. The van der Waals surface area contributed by atoms with Crippen molar-refractivity contribution >= 4 is 11.8 Å². The van der Waals surface area contributed by atoms with E-state index < -0.39 is 11.5 Å². The molecule has 0 aromatic heterocycles. The van der Waals surface area contributed by atoms with Crippen LogP contribution in [0, 0.1) is 0 Å². The summed E-state index contributed by atoms with van der Waals surface area (Å²) in [6, 6.07) is 0. The highest BCUT2D eigenvalue weighted by molar-refractivity contribution is 6.01. The van der Waals surface area contributed by atoms with Gasteiger partial charge in [0.2, 0.25) is 0 Å². The summed E-state index contributed by atoms with van der Waals surface area (Å²) in [7, 11) is 3.74. The molecule has 0 saturated heterocycles. The first-order valence-corrected chi connectivity index (χ1v) is 8.13. The Morgan fingerprint density at radius 2 is 1.61 bits per heavy atom. The number of hydrogen-bond acceptors (Lipinski definition) is 4. The van der Waals surface area contributed by atoms with Crippen LogP contribution in [0.3, 0.4) is 0 Å². The van der Waals surface area contributed by atoms with Crippen molar-refractivity contribution in [2.45, 2.75) is 45.6 Å². The van der Waals surface area contributed by atoms with E-state index >= 15 is 0 Å². The minimum Gasteiger partial charge on any atom is -0.478 e. The lowest BCUT2D eigenvalue weighted by molar-refractivity contribution is -0.133. The number of Topliss-reactive ketones (excluding diaryl/α,β-unsaturated/α-hetero) is 1. The van der Waals surface area contributed by atoms with Crippen molar-refractivity contribution in [1.82, 2.24) is 9.80 Å². The van der Waals surface area contributed by atoms with E-state index in [2.05, 4.69) is 31.9 Å². The smallest absolute Gasteiger partial charge is 0.330 e. The maximum atomic E-state index is 12.8. The monoisotopic (exact) mass is 324 g/mol. The SMILES string of the molecule is C=C(C)C(=O)C(CCC(=C)C(=O)O)(CCN(CC)CC)N(C)C. The molecule has 0 aliphatic carbocycles. The van der Waals surface area contributed by atoms with Crippen LogP contribution >= 0.6 is 0 Å². The summed E-state index contributed by atoms with van der Waals surface area (Å²) < 4.78 is 0. The number of rotatable bonds is 12. The molecule has 132 valence electrons. The molecular formula is C18H32N2O3. The molecule has 0 saturated carbocycles. The lowest BCUT2D eigenvalue weighted by atomic mass is 9.80. The van der Waals surface area contributed by atoms with Gasteiger partial charge in [-0.1, -0.05) is 27.0 Å². The molecule has 23 heavy (non-hydrogen) atoms. The molecule has 0 fully saturated rings. The van der Waals surface area contributed by atoms with Crippen LogP contribution in [0.1, 0.15) is 40.0 Å². The number of carbonyl (C=O) groups is 2. The van der Waals surface area contributed by atoms with Gasteiger partial charge in [0.05, 0.1) is 5.54 Å². The number of carbonyl (C=O) groups excluding carboxylic acids is 1. The predicted octanol–water partition coefficient (Wildman–Crippen LogP) is 2.58. The molecule has 5 heteroatoms. The number of hydrogen-bond donors (Lipinski definition) is 1. The summed E-state index contributed by atoms with van der Waals surface area (Å²) in [5.74, 6) is -1.03. The molecular weight excluding hydrogens is 292 g/mol. The molecule has 0 aliphatic rings. The first-order chi connectivity index (χ1) is 10.6. The number of ketones is 1. The lowest BCUT2D eigenvalue weighted by Gasteiger charge is -2.40. The minimum absolute atomic E-state index is 0.0205. The van der Waals surface area contributed by atoms with E-state index in [0.29, 0.717) is 18.4 Å². The summed E-state index contributed by atoms with van der Waals surface area (Å²) in [6.45, 7) is 15.9. The maximum absolute atomic E-state index is 12.8. The normalized spacial score (nSPS) is 13.9. The fourth-order valence-corrected chi connectivity index (χ4v) is 2.75. The van der Waals surface area contributed by atoms with Crippen LogP contribution in [0.5, 0.6) is 0 Å². The van der Waals surface area contributed by atoms with Gasteiger partial charge >= 0.3 is 5.97 Å². The summed E-state index contributed by atoms with van der Waals surface area (Å²) in [6.07, 6.45) is 1.35. The van der Waals surface area contributed by atoms with Crippen molar-refractivity contribution in [3.8, 4) is 0 Å². The molecule has 0 radical (unpaired) electrons. The van der Waals surface area contributed by atoms with Crippen LogP contribution in [0.2, 0.25) is 0 Å². The number of aliphatic carboxylic acids is 1. The molecule has 0 heterocycles. The van der Waals surface area contributed by atoms with E-state index in [1.54, 1.807) is 6.92 Å². The van der Waals surface area contributed by atoms with Gasteiger partial charge in [-0.2, -0.15) is 0 Å². The number of likely N-dealkylation sites (N-methyl/N-ethyl adjacent to an activating group) is 1. The van der Waals surface area contributed by atoms with Crippen LogP contribution in [-0.4, -0.2) is 65.9 Å². The second-order valence-electron chi connectivity index (χ2n) is 6.22. The Bertz CT molecular complexity index is 453. The number of nitrogens with zero attached hydrogens (tertiary/aromatic N) is 2. The Kier molecular flexibility index (Phi) is 9.02. The summed E-state index contributed by atoms with van der Waals surface area (Å²) >= 11 is 0. The van der Waals surface area contributed by atoms with Crippen molar-refractivity contribution in [3.05, 3.63) is 24.3 Å². The Labute approximate surface area is 140 Å². The Morgan fingerprint density at radius 1 is 1.09 bits per heavy atom. The average molecular weight is 324 g/mol. The van der Waals surface area contributed by atoms with Gasteiger partial charge in [0, 0.05) is 12.1 Å².